The molecular formula is C11H13Br2NO2. The Hall–Kier alpha value is -0.420. The molecule has 0 amide bonds. The van der Waals surface area contributed by atoms with Gasteiger partial charge >= 0.3 is 0 Å². The minimum atomic E-state index is -0.381. The van der Waals surface area contributed by atoms with Gasteiger partial charge in [-0.2, -0.15) is 0 Å². The highest BCUT2D eigenvalue weighted by molar-refractivity contribution is 9.10. The van der Waals surface area contributed by atoms with Gasteiger partial charge in [0.25, 0.3) is 5.69 Å². The number of hydrogen-bond acceptors (Lipinski definition) is 2. The van der Waals surface area contributed by atoms with E-state index in [0.29, 0.717) is 4.83 Å². The monoisotopic (exact) mass is 349 g/mol. The highest BCUT2D eigenvalue weighted by Gasteiger charge is 2.10. The van der Waals surface area contributed by atoms with Crippen LogP contribution in [0.15, 0.2) is 22.7 Å². The van der Waals surface area contributed by atoms with E-state index in [1.165, 1.54) is 0 Å². The van der Waals surface area contributed by atoms with Crippen molar-refractivity contribution in [3.05, 3.63) is 38.3 Å². The molecular weight excluding hydrogens is 338 g/mol. The van der Waals surface area contributed by atoms with Gasteiger partial charge in [0.05, 0.1) is 4.92 Å². The molecule has 16 heavy (non-hydrogen) atoms. The first-order valence-corrected chi connectivity index (χ1v) is 6.82. The Morgan fingerprint density at radius 2 is 2.19 bits per heavy atom. The molecule has 0 aliphatic carbocycles. The molecule has 0 bridgehead atoms. The van der Waals surface area contributed by atoms with E-state index in [2.05, 4.69) is 38.8 Å². The summed E-state index contributed by atoms with van der Waals surface area (Å²) in [5.74, 6) is 0. The molecule has 88 valence electrons. The van der Waals surface area contributed by atoms with E-state index in [1.54, 1.807) is 12.1 Å². The molecule has 0 saturated heterocycles. The molecule has 0 spiro atoms. The van der Waals surface area contributed by atoms with Crippen molar-refractivity contribution < 1.29 is 4.92 Å². The second-order valence-electron chi connectivity index (χ2n) is 3.58. The Morgan fingerprint density at radius 1 is 1.50 bits per heavy atom. The number of benzene rings is 1. The van der Waals surface area contributed by atoms with Crippen molar-refractivity contribution in [1.82, 2.24) is 0 Å². The average molecular weight is 351 g/mol. The molecule has 0 fully saturated rings. The highest BCUT2D eigenvalue weighted by atomic mass is 79.9. The topological polar surface area (TPSA) is 43.1 Å². The molecule has 0 heterocycles. The number of nitro benzene ring substituents is 1. The van der Waals surface area contributed by atoms with Gasteiger partial charge in [0.15, 0.2) is 0 Å². The van der Waals surface area contributed by atoms with Crippen molar-refractivity contribution in [1.29, 1.82) is 0 Å². The third-order valence-corrected chi connectivity index (χ3v) is 4.26. The molecule has 1 unspecified atom stereocenters. The molecule has 0 aromatic heterocycles. The quantitative estimate of drug-likeness (QED) is 0.447. The maximum absolute atomic E-state index is 10.6. The third kappa shape index (κ3) is 3.87. The van der Waals surface area contributed by atoms with Crippen LogP contribution in [0.25, 0.3) is 0 Å². The zero-order valence-electron chi connectivity index (χ0n) is 8.95. The number of alkyl halides is 1. The lowest BCUT2D eigenvalue weighted by molar-refractivity contribution is -0.384. The normalized spacial score (nSPS) is 12.4. The first-order valence-electron chi connectivity index (χ1n) is 5.11. The second-order valence-corrected chi connectivity index (χ2v) is 5.73. The van der Waals surface area contributed by atoms with Gasteiger partial charge in [0.1, 0.15) is 0 Å². The number of hydrogen-bond donors (Lipinski definition) is 0. The van der Waals surface area contributed by atoms with E-state index in [0.717, 1.165) is 29.3 Å². The predicted octanol–water partition coefficient (Wildman–Crippen LogP) is 4.46. The van der Waals surface area contributed by atoms with Crippen LogP contribution < -0.4 is 0 Å². The predicted molar refractivity (Wildman–Crippen MR) is 72.1 cm³/mol. The van der Waals surface area contributed by atoms with Crippen molar-refractivity contribution >= 4 is 37.5 Å². The van der Waals surface area contributed by atoms with Gasteiger partial charge in [-0.05, 0) is 24.8 Å². The van der Waals surface area contributed by atoms with E-state index >= 15 is 0 Å². The Labute approximate surface area is 112 Å². The van der Waals surface area contributed by atoms with Gasteiger partial charge in [-0.3, -0.25) is 10.1 Å². The lowest BCUT2D eigenvalue weighted by Crippen LogP contribution is -1.99. The summed E-state index contributed by atoms with van der Waals surface area (Å²) in [7, 11) is 0. The SMILES string of the molecule is CCC(Br)CCc1ccc([N+](=O)[O-])cc1Br. The largest absolute Gasteiger partial charge is 0.270 e. The molecule has 1 aromatic rings. The maximum Gasteiger partial charge on any atom is 0.270 e. The summed E-state index contributed by atoms with van der Waals surface area (Å²) in [5.41, 5.74) is 1.24. The van der Waals surface area contributed by atoms with Gasteiger partial charge < -0.3 is 0 Å². The molecule has 1 atom stereocenters. The molecule has 1 rings (SSSR count). The third-order valence-electron chi connectivity index (χ3n) is 2.42. The van der Waals surface area contributed by atoms with Crippen LogP contribution >= 0.6 is 31.9 Å². The van der Waals surface area contributed by atoms with Crippen LogP contribution in [-0.4, -0.2) is 9.75 Å². The van der Waals surface area contributed by atoms with E-state index in [4.69, 9.17) is 0 Å². The Balaban J connectivity index is 2.72. The van der Waals surface area contributed by atoms with E-state index in [1.807, 2.05) is 6.07 Å². The Morgan fingerprint density at radius 3 is 2.69 bits per heavy atom. The fourth-order valence-corrected chi connectivity index (χ4v) is 2.16. The van der Waals surface area contributed by atoms with Crippen LogP contribution in [0.1, 0.15) is 25.3 Å². The van der Waals surface area contributed by atoms with Crippen LogP contribution in [-0.2, 0) is 6.42 Å². The average Bonchev–Trinajstić information content (AvgIpc) is 2.26. The number of nitro groups is 1. The summed E-state index contributed by atoms with van der Waals surface area (Å²) < 4.78 is 0.817. The Bertz CT molecular complexity index is 382. The van der Waals surface area contributed by atoms with Crippen LogP contribution in [0.5, 0.6) is 0 Å². The summed E-state index contributed by atoms with van der Waals surface area (Å²) in [4.78, 5) is 10.7. The first kappa shape index (κ1) is 13.6. The van der Waals surface area contributed by atoms with Crippen molar-refractivity contribution in [2.45, 2.75) is 31.0 Å². The zero-order valence-corrected chi connectivity index (χ0v) is 12.1. The second kappa shape index (κ2) is 6.35. The fourth-order valence-electron chi connectivity index (χ4n) is 1.37. The van der Waals surface area contributed by atoms with Crippen molar-refractivity contribution in [3.8, 4) is 0 Å². The first-order chi connectivity index (χ1) is 7.54. The summed E-state index contributed by atoms with van der Waals surface area (Å²) in [6, 6.07) is 4.93. The van der Waals surface area contributed by atoms with Crippen LogP contribution in [0.4, 0.5) is 5.69 Å². The molecule has 0 saturated carbocycles. The van der Waals surface area contributed by atoms with E-state index in [-0.39, 0.29) is 10.6 Å². The molecule has 1 aromatic carbocycles. The molecule has 5 heteroatoms. The van der Waals surface area contributed by atoms with Gasteiger partial charge in [-0.1, -0.05) is 44.8 Å². The van der Waals surface area contributed by atoms with Gasteiger partial charge in [-0.25, -0.2) is 0 Å². The maximum atomic E-state index is 10.6. The van der Waals surface area contributed by atoms with Crippen LogP contribution in [0.3, 0.4) is 0 Å². The summed E-state index contributed by atoms with van der Waals surface area (Å²) in [6.45, 7) is 2.13. The lowest BCUT2D eigenvalue weighted by atomic mass is 10.1. The van der Waals surface area contributed by atoms with E-state index in [9.17, 15) is 10.1 Å². The number of halogens is 2. The van der Waals surface area contributed by atoms with Gasteiger partial charge in [-0.15, -0.1) is 0 Å². The van der Waals surface area contributed by atoms with E-state index < -0.39 is 0 Å². The number of rotatable bonds is 5. The van der Waals surface area contributed by atoms with Gasteiger partial charge in [0.2, 0.25) is 0 Å². The molecule has 0 radical (unpaired) electrons. The van der Waals surface area contributed by atoms with Crippen molar-refractivity contribution in [3.63, 3.8) is 0 Å². The number of aryl methyl sites for hydroxylation is 1. The molecule has 0 N–H and O–H groups in total. The van der Waals surface area contributed by atoms with Crippen molar-refractivity contribution in [2.24, 2.45) is 0 Å². The smallest absolute Gasteiger partial charge is 0.258 e. The minimum absolute atomic E-state index is 0.126. The Kier molecular flexibility index (Phi) is 5.41. The highest BCUT2D eigenvalue weighted by Crippen LogP contribution is 2.25. The summed E-state index contributed by atoms with van der Waals surface area (Å²) in [5, 5.41) is 10.6. The van der Waals surface area contributed by atoms with Crippen molar-refractivity contribution in [2.75, 3.05) is 0 Å². The number of nitrogens with zero attached hydrogens (tertiary/aromatic N) is 1. The number of non-ortho nitro benzene ring substituents is 1. The zero-order chi connectivity index (χ0) is 12.1. The van der Waals surface area contributed by atoms with Gasteiger partial charge in [0, 0.05) is 21.4 Å². The van der Waals surface area contributed by atoms with Crippen LogP contribution in [0.2, 0.25) is 0 Å². The molecule has 3 nitrogen and oxygen atoms in total. The van der Waals surface area contributed by atoms with Crippen LogP contribution in [0, 0.1) is 10.1 Å². The standard InChI is InChI=1S/C11H13Br2NO2/c1-2-9(12)5-3-8-4-6-10(14(15)16)7-11(8)13/h4,6-7,9H,2-3,5H2,1H3. The molecule has 0 aliphatic heterocycles. The summed E-state index contributed by atoms with van der Waals surface area (Å²) in [6.07, 6.45) is 3.04. The minimum Gasteiger partial charge on any atom is -0.258 e. The fraction of sp³-hybridized carbons (Fsp3) is 0.455. The summed E-state index contributed by atoms with van der Waals surface area (Å²) >= 11 is 6.94. The molecule has 0 aliphatic rings. The lowest BCUT2D eigenvalue weighted by Gasteiger charge is -2.07.